The third-order valence-electron chi connectivity index (χ3n) is 3.95. The Hall–Kier alpha value is -1.33. The van der Waals surface area contributed by atoms with Crippen LogP contribution in [0, 0.1) is 0 Å². The van der Waals surface area contributed by atoms with E-state index in [1.54, 1.807) is 12.1 Å². The van der Waals surface area contributed by atoms with Crippen LogP contribution in [0.15, 0.2) is 12.1 Å². The number of carboxylic acid groups (broad SMARTS) is 1. The first-order valence-corrected chi connectivity index (χ1v) is 7.25. The lowest BCUT2D eigenvalue weighted by Crippen LogP contribution is -2.43. The topological polar surface area (TPSA) is 56.7 Å². The van der Waals surface area contributed by atoms with E-state index in [1.807, 2.05) is 7.05 Å². The number of aromatic nitrogens is 1. The molecular weight excluding hydrogens is 278 g/mol. The van der Waals surface area contributed by atoms with E-state index >= 15 is 0 Å². The summed E-state index contributed by atoms with van der Waals surface area (Å²) >= 11 is 5.85. The molecule has 1 aliphatic heterocycles. The van der Waals surface area contributed by atoms with Gasteiger partial charge in [0.2, 0.25) is 0 Å². The van der Waals surface area contributed by atoms with Gasteiger partial charge in [-0.05, 0) is 31.5 Å². The molecule has 6 heteroatoms. The van der Waals surface area contributed by atoms with Gasteiger partial charge in [-0.2, -0.15) is 0 Å². The summed E-state index contributed by atoms with van der Waals surface area (Å²) in [5.74, 6) is -0.423. The Morgan fingerprint density at radius 3 is 2.70 bits per heavy atom. The zero-order chi connectivity index (χ0) is 14.7. The van der Waals surface area contributed by atoms with E-state index in [-0.39, 0.29) is 10.7 Å². The second-order valence-corrected chi connectivity index (χ2v) is 5.49. The predicted molar refractivity (Wildman–Crippen MR) is 79.7 cm³/mol. The van der Waals surface area contributed by atoms with Crippen molar-refractivity contribution >= 4 is 23.4 Å². The molecule has 110 valence electrons. The first kappa shape index (κ1) is 15.1. The molecule has 2 rings (SSSR count). The van der Waals surface area contributed by atoms with Crippen molar-refractivity contribution in [3.63, 3.8) is 0 Å². The van der Waals surface area contributed by atoms with E-state index < -0.39 is 5.97 Å². The van der Waals surface area contributed by atoms with Crippen LogP contribution < -0.4 is 4.90 Å². The predicted octanol–water partition coefficient (Wildman–Crippen LogP) is 2.35. The van der Waals surface area contributed by atoms with Crippen molar-refractivity contribution in [2.45, 2.75) is 25.8 Å². The maximum atomic E-state index is 11.1. The average molecular weight is 298 g/mol. The normalized spacial score (nSPS) is 17.1. The fourth-order valence-electron chi connectivity index (χ4n) is 2.59. The van der Waals surface area contributed by atoms with Crippen LogP contribution in [0.3, 0.4) is 0 Å². The number of aromatic carboxylic acids is 1. The number of anilines is 1. The van der Waals surface area contributed by atoms with E-state index in [9.17, 15) is 4.79 Å². The molecular formula is C14H20ClN3O2. The number of hydrogen-bond acceptors (Lipinski definition) is 4. The number of halogens is 1. The number of likely N-dealkylation sites (tertiary alicyclic amines) is 1. The van der Waals surface area contributed by atoms with Gasteiger partial charge < -0.3 is 14.9 Å². The molecule has 0 aliphatic carbocycles. The number of hydrogen-bond donors (Lipinski definition) is 1. The Morgan fingerprint density at radius 2 is 2.15 bits per heavy atom. The van der Waals surface area contributed by atoms with Crippen molar-refractivity contribution in [1.82, 2.24) is 9.88 Å². The lowest BCUT2D eigenvalue weighted by atomic mass is 10.0. The van der Waals surface area contributed by atoms with Gasteiger partial charge in [-0.15, -0.1) is 0 Å². The van der Waals surface area contributed by atoms with E-state index in [2.05, 4.69) is 21.7 Å². The summed E-state index contributed by atoms with van der Waals surface area (Å²) in [4.78, 5) is 19.7. The number of rotatable bonds is 4. The van der Waals surface area contributed by atoms with Crippen LogP contribution in [0.2, 0.25) is 5.02 Å². The summed E-state index contributed by atoms with van der Waals surface area (Å²) in [6.07, 6.45) is 2.13. The summed E-state index contributed by atoms with van der Waals surface area (Å²) in [5.41, 5.74) is -0.0815. The minimum atomic E-state index is -1.09. The molecule has 0 radical (unpaired) electrons. The molecule has 1 fully saturated rings. The van der Waals surface area contributed by atoms with E-state index in [4.69, 9.17) is 16.7 Å². The van der Waals surface area contributed by atoms with E-state index in [1.165, 1.54) is 0 Å². The van der Waals surface area contributed by atoms with Gasteiger partial charge in [-0.3, -0.25) is 0 Å². The molecule has 0 atom stereocenters. The average Bonchev–Trinajstić information content (AvgIpc) is 2.47. The smallest absolute Gasteiger partial charge is 0.356 e. The third-order valence-corrected chi connectivity index (χ3v) is 4.25. The minimum absolute atomic E-state index is 0.0815. The number of carbonyl (C=O) groups is 1. The fraction of sp³-hybridized carbons (Fsp3) is 0.571. The molecule has 20 heavy (non-hydrogen) atoms. The summed E-state index contributed by atoms with van der Waals surface area (Å²) in [6.45, 7) is 5.40. The highest BCUT2D eigenvalue weighted by molar-refractivity contribution is 6.33. The Balaban J connectivity index is 2.11. The van der Waals surface area contributed by atoms with Crippen LogP contribution in [-0.2, 0) is 0 Å². The summed E-state index contributed by atoms with van der Waals surface area (Å²) in [6, 6.07) is 3.78. The number of nitrogens with zero attached hydrogens (tertiary/aromatic N) is 3. The zero-order valence-corrected chi connectivity index (χ0v) is 12.6. The summed E-state index contributed by atoms with van der Waals surface area (Å²) < 4.78 is 0. The SMILES string of the molecule is CCN1CCC(N(C)c2ccc(Cl)c(C(=O)O)n2)CC1. The molecule has 5 nitrogen and oxygen atoms in total. The Bertz CT molecular complexity index is 487. The summed E-state index contributed by atoms with van der Waals surface area (Å²) in [7, 11) is 1.97. The van der Waals surface area contributed by atoms with Crippen molar-refractivity contribution < 1.29 is 9.90 Å². The standard InChI is InChI=1S/C14H20ClN3O2/c1-3-18-8-6-10(7-9-18)17(2)12-5-4-11(15)13(16-12)14(19)20/h4-5,10H,3,6-9H2,1-2H3,(H,19,20). The molecule has 1 saturated heterocycles. The zero-order valence-electron chi connectivity index (χ0n) is 11.8. The van der Waals surface area contributed by atoms with Gasteiger partial charge in [-0.1, -0.05) is 18.5 Å². The van der Waals surface area contributed by atoms with Crippen molar-refractivity contribution in [2.75, 3.05) is 31.6 Å². The van der Waals surface area contributed by atoms with Crippen molar-refractivity contribution in [3.8, 4) is 0 Å². The van der Waals surface area contributed by atoms with Crippen molar-refractivity contribution in [3.05, 3.63) is 22.8 Å². The van der Waals surface area contributed by atoms with Gasteiger partial charge in [0.05, 0.1) is 5.02 Å². The third kappa shape index (κ3) is 3.22. The largest absolute Gasteiger partial charge is 0.476 e. The van der Waals surface area contributed by atoms with E-state index in [0.717, 1.165) is 32.5 Å². The number of carboxylic acids is 1. The van der Waals surface area contributed by atoms with Gasteiger partial charge in [0.25, 0.3) is 0 Å². The van der Waals surface area contributed by atoms with Gasteiger partial charge in [0, 0.05) is 26.2 Å². The van der Waals surface area contributed by atoms with Crippen LogP contribution in [0.5, 0.6) is 0 Å². The molecule has 2 heterocycles. The molecule has 0 bridgehead atoms. The minimum Gasteiger partial charge on any atom is -0.476 e. The van der Waals surface area contributed by atoms with Gasteiger partial charge in [-0.25, -0.2) is 9.78 Å². The number of pyridine rings is 1. The van der Waals surface area contributed by atoms with Crippen LogP contribution in [0.4, 0.5) is 5.82 Å². The van der Waals surface area contributed by atoms with Crippen LogP contribution in [-0.4, -0.2) is 53.7 Å². The molecule has 0 amide bonds. The van der Waals surface area contributed by atoms with Crippen molar-refractivity contribution in [2.24, 2.45) is 0 Å². The first-order chi connectivity index (χ1) is 9.52. The second kappa shape index (κ2) is 6.41. The Kier molecular flexibility index (Phi) is 4.83. The Labute approximate surface area is 124 Å². The second-order valence-electron chi connectivity index (χ2n) is 5.08. The fourth-order valence-corrected chi connectivity index (χ4v) is 2.77. The van der Waals surface area contributed by atoms with Crippen molar-refractivity contribution in [1.29, 1.82) is 0 Å². The maximum absolute atomic E-state index is 11.1. The monoisotopic (exact) mass is 297 g/mol. The highest BCUT2D eigenvalue weighted by Gasteiger charge is 2.23. The molecule has 0 aromatic carbocycles. The number of piperidine rings is 1. The molecule has 1 aromatic heterocycles. The highest BCUT2D eigenvalue weighted by atomic mass is 35.5. The molecule has 0 unspecified atom stereocenters. The van der Waals surface area contributed by atoms with Gasteiger partial charge >= 0.3 is 5.97 Å². The maximum Gasteiger partial charge on any atom is 0.356 e. The Morgan fingerprint density at radius 1 is 1.50 bits per heavy atom. The van der Waals surface area contributed by atoms with Crippen LogP contribution in [0.1, 0.15) is 30.3 Å². The molecule has 1 aromatic rings. The molecule has 0 spiro atoms. The van der Waals surface area contributed by atoms with Gasteiger partial charge in [0.15, 0.2) is 5.69 Å². The lowest BCUT2D eigenvalue weighted by molar-refractivity contribution is 0.0690. The molecule has 1 aliphatic rings. The quantitative estimate of drug-likeness (QED) is 0.924. The summed E-state index contributed by atoms with van der Waals surface area (Å²) in [5, 5.41) is 9.25. The molecule has 0 saturated carbocycles. The van der Waals surface area contributed by atoms with Gasteiger partial charge in [0.1, 0.15) is 5.82 Å². The molecule has 1 N–H and O–H groups in total. The van der Waals surface area contributed by atoms with Crippen LogP contribution in [0.25, 0.3) is 0 Å². The van der Waals surface area contributed by atoms with E-state index in [0.29, 0.717) is 11.9 Å². The van der Waals surface area contributed by atoms with Crippen LogP contribution >= 0.6 is 11.6 Å². The lowest BCUT2D eigenvalue weighted by Gasteiger charge is -2.36. The first-order valence-electron chi connectivity index (χ1n) is 6.88. The highest BCUT2D eigenvalue weighted by Crippen LogP contribution is 2.23.